The molecule has 6 aromatic carbocycles. The van der Waals surface area contributed by atoms with Crippen molar-refractivity contribution >= 4 is 39.3 Å². The summed E-state index contributed by atoms with van der Waals surface area (Å²) in [6.07, 6.45) is 6.49. The van der Waals surface area contributed by atoms with E-state index in [0.29, 0.717) is 28.1 Å². The van der Waals surface area contributed by atoms with Crippen LogP contribution in [0.1, 0.15) is 31.8 Å². The third-order valence-electron chi connectivity index (χ3n) is 10.7. The molecule has 3 aromatic heterocycles. The predicted molar refractivity (Wildman–Crippen MR) is 225 cm³/mol. The quantitative estimate of drug-likeness (QED) is 0.157. The average Bonchev–Trinajstić information content (AvgIpc) is 3.75. The Hall–Kier alpha value is -8.46. The maximum Gasteiger partial charge on any atom is 0.268 e. The molecule has 270 valence electrons. The molecule has 0 N–H and O–H groups in total. The Morgan fingerprint density at radius 3 is 1.53 bits per heavy atom. The van der Waals surface area contributed by atoms with E-state index < -0.39 is 11.8 Å². The fourth-order valence-electron chi connectivity index (χ4n) is 8.12. The van der Waals surface area contributed by atoms with E-state index in [9.17, 15) is 15.3 Å². The molecule has 58 heavy (non-hydrogen) atoms. The molecule has 10 rings (SSSR count). The topological polar surface area (TPSA) is 116 Å². The minimum Gasteiger partial charge on any atom is -0.308 e. The van der Waals surface area contributed by atoms with Crippen LogP contribution in [-0.4, -0.2) is 26.3 Å². The highest BCUT2D eigenvalue weighted by Gasteiger charge is 2.41. The molecule has 0 fully saturated rings. The first-order valence-corrected chi connectivity index (χ1v) is 18.6. The molecule has 0 bridgehead atoms. The van der Waals surface area contributed by atoms with Crippen LogP contribution in [0.4, 0.5) is 5.69 Å². The van der Waals surface area contributed by atoms with Crippen molar-refractivity contribution < 1.29 is 9.59 Å². The fourth-order valence-corrected chi connectivity index (χ4v) is 8.12. The van der Waals surface area contributed by atoms with Gasteiger partial charge in [0.25, 0.3) is 11.8 Å². The van der Waals surface area contributed by atoms with Crippen LogP contribution in [0.5, 0.6) is 0 Å². The van der Waals surface area contributed by atoms with E-state index in [-0.39, 0.29) is 5.56 Å². The van der Waals surface area contributed by atoms with Gasteiger partial charge in [-0.3, -0.25) is 19.6 Å². The number of fused-ring (bicyclic) bond motifs is 4. The summed E-state index contributed by atoms with van der Waals surface area (Å²) in [6.45, 7) is 0. The van der Waals surface area contributed by atoms with Crippen molar-refractivity contribution in [2.45, 2.75) is 0 Å². The van der Waals surface area contributed by atoms with Crippen molar-refractivity contribution in [2.24, 2.45) is 0 Å². The van der Waals surface area contributed by atoms with Crippen molar-refractivity contribution in [3.63, 3.8) is 0 Å². The Morgan fingerprint density at radius 2 is 0.966 bits per heavy atom. The van der Waals surface area contributed by atoms with E-state index in [4.69, 9.17) is 0 Å². The molecular weight excluding hydrogens is 717 g/mol. The number of hydrogen-bond acceptors (Lipinski definition) is 6. The first-order chi connectivity index (χ1) is 28.5. The average molecular weight is 745 g/mol. The van der Waals surface area contributed by atoms with Gasteiger partial charge in [-0.1, -0.05) is 103 Å². The zero-order valence-corrected chi connectivity index (χ0v) is 30.7. The van der Waals surface area contributed by atoms with Gasteiger partial charge >= 0.3 is 0 Å². The Kier molecular flexibility index (Phi) is 8.04. The molecule has 1 aliphatic heterocycles. The van der Waals surface area contributed by atoms with E-state index in [0.717, 1.165) is 66.3 Å². The summed E-state index contributed by atoms with van der Waals surface area (Å²) in [5.74, 6) is -0.845. The third-order valence-corrected chi connectivity index (χ3v) is 10.7. The molecule has 0 saturated carbocycles. The highest BCUT2D eigenvalue weighted by Crippen LogP contribution is 2.44. The molecule has 0 saturated heterocycles. The zero-order chi connectivity index (χ0) is 39.3. The second-order valence-electron chi connectivity index (χ2n) is 14.0. The van der Waals surface area contributed by atoms with Crippen molar-refractivity contribution in [3.8, 4) is 62.3 Å². The number of carbonyl (C=O) groups is 2. The van der Waals surface area contributed by atoms with Crippen molar-refractivity contribution in [3.05, 3.63) is 193 Å². The first kappa shape index (κ1) is 34.1. The Balaban J connectivity index is 1.22. The maximum atomic E-state index is 15.2. The van der Waals surface area contributed by atoms with Crippen LogP contribution in [0.15, 0.2) is 170 Å². The van der Waals surface area contributed by atoms with Crippen LogP contribution in [0.3, 0.4) is 0 Å². The zero-order valence-electron chi connectivity index (χ0n) is 30.7. The SMILES string of the molecule is N#Cc1cncc(-c2ccc3c4ccc(-c5cncc(C#N)c5)cc4n(-c4cccc5c4C(=O)N(c4cccc(-c6ccccc6)c4-c4ccccc4)C5=O)c3c2)c1. The van der Waals surface area contributed by atoms with Crippen molar-refractivity contribution in [1.29, 1.82) is 10.5 Å². The molecule has 9 aromatic rings. The molecule has 8 nitrogen and oxygen atoms in total. The van der Waals surface area contributed by atoms with Gasteiger partial charge in [0, 0.05) is 52.3 Å². The Labute approximate surface area is 332 Å². The van der Waals surface area contributed by atoms with E-state index in [1.54, 1.807) is 30.6 Å². The number of nitriles is 2. The van der Waals surface area contributed by atoms with Gasteiger partial charge in [-0.2, -0.15) is 10.5 Å². The molecule has 0 aliphatic carbocycles. The Morgan fingerprint density at radius 1 is 0.431 bits per heavy atom. The van der Waals surface area contributed by atoms with Crippen LogP contribution in [0.25, 0.3) is 72.0 Å². The summed E-state index contributed by atoms with van der Waals surface area (Å²) >= 11 is 0. The van der Waals surface area contributed by atoms with Crippen LogP contribution < -0.4 is 4.90 Å². The van der Waals surface area contributed by atoms with Crippen LogP contribution in [0, 0.1) is 22.7 Å². The summed E-state index contributed by atoms with van der Waals surface area (Å²) in [7, 11) is 0. The van der Waals surface area contributed by atoms with E-state index in [2.05, 4.69) is 22.1 Å². The number of benzene rings is 6. The van der Waals surface area contributed by atoms with Gasteiger partial charge in [-0.25, -0.2) is 4.90 Å². The van der Waals surface area contributed by atoms with E-state index >= 15 is 4.79 Å². The maximum absolute atomic E-state index is 15.2. The first-order valence-electron chi connectivity index (χ1n) is 18.6. The monoisotopic (exact) mass is 744 g/mol. The lowest BCUT2D eigenvalue weighted by molar-refractivity contribution is 0.0926. The minimum absolute atomic E-state index is 0.285. The molecule has 0 radical (unpaired) electrons. The van der Waals surface area contributed by atoms with Crippen LogP contribution >= 0.6 is 0 Å². The van der Waals surface area contributed by atoms with Gasteiger partial charge in [-0.15, -0.1) is 0 Å². The van der Waals surface area contributed by atoms with Crippen LogP contribution in [-0.2, 0) is 0 Å². The fraction of sp³-hybridized carbons (Fsp3) is 0. The highest BCUT2D eigenvalue weighted by molar-refractivity contribution is 6.37. The number of imide groups is 1. The number of hydrogen-bond donors (Lipinski definition) is 0. The molecule has 0 unspecified atom stereocenters. The molecule has 4 heterocycles. The lowest BCUT2D eigenvalue weighted by Gasteiger charge is -2.22. The number of pyridine rings is 2. The Bertz CT molecular complexity index is 3130. The summed E-state index contributed by atoms with van der Waals surface area (Å²) in [6, 6.07) is 51.0. The van der Waals surface area contributed by atoms with Gasteiger partial charge in [0.2, 0.25) is 0 Å². The normalized spacial score (nSPS) is 12.1. The van der Waals surface area contributed by atoms with Crippen molar-refractivity contribution in [2.75, 3.05) is 4.90 Å². The van der Waals surface area contributed by atoms with Crippen molar-refractivity contribution in [1.82, 2.24) is 14.5 Å². The number of carbonyl (C=O) groups excluding carboxylic acids is 2. The van der Waals surface area contributed by atoms with Crippen LogP contribution in [0.2, 0.25) is 0 Å². The van der Waals surface area contributed by atoms with Gasteiger partial charge in [0.15, 0.2) is 0 Å². The van der Waals surface area contributed by atoms with E-state index in [1.807, 2.05) is 132 Å². The summed E-state index contributed by atoms with van der Waals surface area (Å²) < 4.78 is 2.03. The minimum atomic E-state index is -0.433. The molecule has 0 spiro atoms. The molecule has 1 aliphatic rings. The summed E-state index contributed by atoms with van der Waals surface area (Å²) in [4.78, 5) is 39.8. The number of nitrogens with zero attached hydrogens (tertiary/aromatic N) is 6. The summed E-state index contributed by atoms with van der Waals surface area (Å²) in [5.41, 5.74) is 10.8. The summed E-state index contributed by atoms with van der Waals surface area (Å²) in [5, 5.41) is 21.1. The third kappa shape index (κ3) is 5.44. The lowest BCUT2D eigenvalue weighted by atomic mass is 9.92. The van der Waals surface area contributed by atoms with Gasteiger partial charge in [0.05, 0.1) is 44.7 Å². The number of anilines is 1. The number of rotatable bonds is 6. The second kappa shape index (κ2) is 13.7. The number of aromatic nitrogens is 3. The lowest BCUT2D eigenvalue weighted by Crippen LogP contribution is -2.30. The number of amides is 2. The van der Waals surface area contributed by atoms with E-state index in [1.165, 1.54) is 17.3 Å². The second-order valence-corrected chi connectivity index (χ2v) is 14.0. The smallest absolute Gasteiger partial charge is 0.268 e. The molecular formula is C50H28N6O2. The predicted octanol–water partition coefficient (Wildman–Crippen LogP) is 10.8. The highest BCUT2D eigenvalue weighted by atomic mass is 16.2. The molecule has 0 atom stereocenters. The van der Waals surface area contributed by atoms with Gasteiger partial charge < -0.3 is 4.57 Å². The van der Waals surface area contributed by atoms with Gasteiger partial charge in [0.1, 0.15) is 12.1 Å². The molecule has 8 heteroatoms. The molecule has 2 amide bonds. The van der Waals surface area contributed by atoms with Gasteiger partial charge in [-0.05, 0) is 70.3 Å². The standard InChI is InChI=1S/C50H28N6O2/c51-25-31-21-37(29-53-27-31)35-17-19-40-41-20-18-36(38-22-32(26-52)28-54-30-38)24-46(41)55(45(40)23-35)44-16-8-14-42-48(44)50(58)56(49(42)57)43-15-7-13-39(33-9-3-1-4-10-33)47(43)34-11-5-2-6-12-34/h1-24,27-30H. The largest absolute Gasteiger partial charge is 0.308 e.